The van der Waals surface area contributed by atoms with Gasteiger partial charge in [0.2, 0.25) is 11.0 Å². The molecule has 1 aromatic heterocycles. The monoisotopic (exact) mass is 351 g/mol. The van der Waals surface area contributed by atoms with Gasteiger partial charge in [-0.05, 0) is 18.6 Å². The number of methoxy groups -OCH3 is 1. The summed E-state index contributed by atoms with van der Waals surface area (Å²) in [6.07, 6.45) is 0.706. The number of thiazole rings is 1. The number of para-hydroxylation sites is 1. The first-order valence-corrected chi connectivity index (χ1v) is 8.99. The fraction of sp³-hybridized carbons (Fsp3) is 0.400. The number of anilines is 1. The van der Waals surface area contributed by atoms with Crippen molar-refractivity contribution in [2.75, 3.05) is 31.4 Å². The summed E-state index contributed by atoms with van der Waals surface area (Å²) >= 11 is 2.78. The smallest absolute Gasteiger partial charge is 0.240 e. The third-order valence-electron chi connectivity index (χ3n) is 3.57. The number of carbonyl (C=O) groups excluding carboxylic acids is 2. The van der Waals surface area contributed by atoms with Gasteiger partial charge in [0, 0.05) is 12.8 Å². The lowest BCUT2D eigenvalue weighted by Crippen LogP contribution is -2.42. The summed E-state index contributed by atoms with van der Waals surface area (Å²) in [4.78, 5) is 30.0. The van der Waals surface area contributed by atoms with Crippen molar-refractivity contribution in [1.29, 1.82) is 0 Å². The van der Waals surface area contributed by atoms with E-state index in [1.165, 1.54) is 23.1 Å². The van der Waals surface area contributed by atoms with Gasteiger partial charge in [-0.15, -0.1) is 0 Å². The number of nitrogens with one attached hydrogen (secondary N) is 1. The predicted octanol–water partition coefficient (Wildman–Crippen LogP) is 1.89. The van der Waals surface area contributed by atoms with E-state index in [0.29, 0.717) is 6.42 Å². The Morgan fingerprint density at radius 3 is 3.04 bits per heavy atom. The molecule has 2 aromatic rings. The number of nitrogens with zero attached hydrogens (tertiary/aromatic N) is 2. The fourth-order valence-corrected chi connectivity index (χ4v) is 4.27. The molecule has 122 valence electrons. The van der Waals surface area contributed by atoms with E-state index in [0.717, 1.165) is 26.9 Å². The number of rotatable bonds is 5. The highest BCUT2D eigenvalue weighted by atomic mass is 32.2. The standard InChI is InChI=1S/C15H17N3O3S2/c1-18(8-12(19)16-9-6-7-22-14(9)20)15-17-13-10(21-2)4-3-5-11(13)23-15/h3-5,9H,6-8H2,1-2H3,(H,16,19). The molecule has 1 amide bonds. The van der Waals surface area contributed by atoms with Gasteiger partial charge in [0.15, 0.2) is 5.13 Å². The van der Waals surface area contributed by atoms with E-state index in [-0.39, 0.29) is 23.6 Å². The minimum atomic E-state index is -0.351. The number of hydrogen-bond acceptors (Lipinski definition) is 7. The van der Waals surface area contributed by atoms with Crippen molar-refractivity contribution in [3.05, 3.63) is 18.2 Å². The number of amides is 1. The molecule has 1 aliphatic heterocycles. The Balaban J connectivity index is 1.69. The molecule has 0 aliphatic carbocycles. The maximum Gasteiger partial charge on any atom is 0.240 e. The number of benzene rings is 1. The summed E-state index contributed by atoms with van der Waals surface area (Å²) < 4.78 is 6.32. The van der Waals surface area contributed by atoms with Crippen molar-refractivity contribution in [3.8, 4) is 5.75 Å². The van der Waals surface area contributed by atoms with Gasteiger partial charge < -0.3 is 15.0 Å². The van der Waals surface area contributed by atoms with E-state index in [4.69, 9.17) is 4.74 Å². The van der Waals surface area contributed by atoms with Gasteiger partial charge in [-0.2, -0.15) is 0 Å². The van der Waals surface area contributed by atoms with Crippen molar-refractivity contribution in [3.63, 3.8) is 0 Å². The summed E-state index contributed by atoms with van der Waals surface area (Å²) in [5.74, 6) is 1.33. The fourth-order valence-electron chi connectivity index (χ4n) is 2.39. The van der Waals surface area contributed by atoms with Gasteiger partial charge in [0.25, 0.3) is 0 Å². The van der Waals surface area contributed by atoms with Gasteiger partial charge in [-0.25, -0.2) is 4.98 Å². The second-order valence-electron chi connectivity index (χ2n) is 5.24. The Morgan fingerprint density at radius 1 is 1.52 bits per heavy atom. The Labute approximate surface area is 142 Å². The first-order valence-electron chi connectivity index (χ1n) is 7.19. The van der Waals surface area contributed by atoms with Crippen molar-refractivity contribution in [2.45, 2.75) is 12.5 Å². The lowest BCUT2D eigenvalue weighted by atomic mass is 10.2. The van der Waals surface area contributed by atoms with Crippen molar-refractivity contribution < 1.29 is 14.3 Å². The molecule has 1 fully saturated rings. The molecule has 1 atom stereocenters. The lowest BCUT2D eigenvalue weighted by molar-refractivity contribution is -0.123. The van der Waals surface area contributed by atoms with Crippen molar-refractivity contribution in [1.82, 2.24) is 10.3 Å². The van der Waals surface area contributed by atoms with Crippen LogP contribution in [0.3, 0.4) is 0 Å². The number of hydrogen-bond donors (Lipinski definition) is 1. The molecular formula is C15H17N3O3S2. The third-order valence-corrected chi connectivity index (χ3v) is 5.71. The molecule has 1 N–H and O–H groups in total. The quantitative estimate of drug-likeness (QED) is 0.887. The second kappa shape index (κ2) is 6.76. The van der Waals surface area contributed by atoms with Crippen LogP contribution in [0.5, 0.6) is 5.75 Å². The minimum absolute atomic E-state index is 0.0470. The third kappa shape index (κ3) is 3.42. The zero-order chi connectivity index (χ0) is 16.4. The van der Waals surface area contributed by atoms with Crippen LogP contribution >= 0.6 is 23.1 Å². The summed E-state index contributed by atoms with van der Waals surface area (Å²) in [6, 6.07) is 5.40. The molecule has 23 heavy (non-hydrogen) atoms. The number of carbonyl (C=O) groups is 2. The maximum atomic E-state index is 12.1. The summed E-state index contributed by atoms with van der Waals surface area (Å²) in [5.41, 5.74) is 0.796. The molecule has 2 heterocycles. The molecule has 1 aromatic carbocycles. The highest BCUT2D eigenvalue weighted by Crippen LogP contribution is 2.33. The van der Waals surface area contributed by atoms with E-state index < -0.39 is 0 Å². The number of aromatic nitrogens is 1. The van der Waals surface area contributed by atoms with Crippen LogP contribution < -0.4 is 15.0 Å². The first kappa shape index (κ1) is 16.1. The Hall–Kier alpha value is -1.80. The Morgan fingerprint density at radius 2 is 2.35 bits per heavy atom. The molecular weight excluding hydrogens is 334 g/mol. The highest BCUT2D eigenvalue weighted by molar-refractivity contribution is 8.14. The molecule has 0 spiro atoms. The van der Waals surface area contributed by atoms with Crippen molar-refractivity contribution in [2.24, 2.45) is 0 Å². The number of likely N-dealkylation sites (N-methyl/N-ethyl adjacent to an activating group) is 1. The predicted molar refractivity (Wildman–Crippen MR) is 93.5 cm³/mol. The SMILES string of the molecule is COc1cccc2sc(N(C)CC(=O)NC3CCSC3=O)nc12. The molecule has 1 aliphatic rings. The molecule has 3 rings (SSSR count). The van der Waals surface area contributed by atoms with Crippen LogP contribution in [0, 0.1) is 0 Å². The van der Waals surface area contributed by atoms with Gasteiger partial charge in [0.1, 0.15) is 11.3 Å². The minimum Gasteiger partial charge on any atom is -0.494 e. The second-order valence-corrected chi connectivity index (χ2v) is 7.34. The number of thioether (sulfide) groups is 1. The Kier molecular flexibility index (Phi) is 4.72. The average molecular weight is 351 g/mol. The first-order chi connectivity index (χ1) is 11.1. The van der Waals surface area contributed by atoms with Gasteiger partial charge in [0.05, 0.1) is 24.4 Å². The number of ether oxygens (including phenoxy) is 1. The van der Waals surface area contributed by atoms with Gasteiger partial charge in [-0.3, -0.25) is 9.59 Å². The molecule has 1 saturated heterocycles. The number of fused-ring (bicyclic) bond motifs is 1. The zero-order valence-corrected chi connectivity index (χ0v) is 14.5. The van der Waals surface area contributed by atoms with Crippen LogP contribution in [0.25, 0.3) is 10.2 Å². The zero-order valence-electron chi connectivity index (χ0n) is 12.9. The van der Waals surface area contributed by atoms with E-state index in [2.05, 4.69) is 10.3 Å². The van der Waals surface area contributed by atoms with Crippen LogP contribution in [0.2, 0.25) is 0 Å². The molecule has 0 saturated carbocycles. The molecule has 0 radical (unpaired) electrons. The molecule has 8 heteroatoms. The summed E-state index contributed by atoms with van der Waals surface area (Å²) in [7, 11) is 3.43. The molecule has 1 unspecified atom stereocenters. The largest absolute Gasteiger partial charge is 0.494 e. The topological polar surface area (TPSA) is 71.5 Å². The van der Waals surface area contributed by atoms with E-state index in [1.54, 1.807) is 12.0 Å². The van der Waals surface area contributed by atoms with Gasteiger partial charge in [-0.1, -0.05) is 29.2 Å². The lowest BCUT2D eigenvalue weighted by Gasteiger charge is -2.17. The van der Waals surface area contributed by atoms with E-state index >= 15 is 0 Å². The molecule has 0 bridgehead atoms. The Bertz CT molecular complexity index is 747. The normalized spacial score (nSPS) is 17.5. The van der Waals surface area contributed by atoms with Gasteiger partial charge >= 0.3 is 0 Å². The van der Waals surface area contributed by atoms with Crippen LogP contribution in [0.4, 0.5) is 5.13 Å². The highest BCUT2D eigenvalue weighted by Gasteiger charge is 2.27. The van der Waals surface area contributed by atoms with Crippen molar-refractivity contribution >= 4 is 49.5 Å². The summed E-state index contributed by atoms with van der Waals surface area (Å²) in [5, 5.41) is 3.58. The van der Waals surface area contributed by atoms with Crippen LogP contribution in [-0.4, -0.2) is 48.5 Å². The van der Waals surface area contributed by atoms with Crippen LogP contribution in [-0.2, 0) is 9.59 Å². The average Bonchev–Trinajstić information content (AvgIpc) is 3.13. The van der Waals surface area contributed by atoms with E-state index in [9.17, 15) is 9.59 Å². The molecule has 6 nitrogen and oxygen atoms in total. The van der Waals surface area contributed by atoms with E-state index in [1.807, 2.05) is 25.2 Å². The van der Waals surface area contributed by atoms with Crippen LogP contribution in [0.15, 0.2) is 18.2 Å². The summed E-state index contributed by atoms with van der Waals surface area (Å²) in [6.45, 7) is 0.163. The maximum absolute atomic E-state index is 12.1. The van der Waals surface area contributed by atoms with Crippen LogP contribution in [0.1, 0.15) is 6.42 Å².